The van der Waals surface area contributed by atoms with Crippen LogP contribution in [0.25, 0.3) is 0 Å². The number of aliphatic carboxylic acids is 1. The van der Waals surface area contributed by atoms with Gasteiger partial charge in [-0.25, -0.2) is 4.79 Å². The van der Waals surface area contributed by atoms with Crippen molar-refractivity contribution in [1.29, 1.82) is 0 Å². The van der Waals surface area contributed by atoms with Crippen LogP contribution in [0.1, 0.15) is 13.3 Å². The van der Waals surface area contributed by atoms with E-state index in [1.807, 2.05) is 13.0 Å². The predicted octanol–water partition coefficient (Wildman–Crippen LogP) is 1.51. The van der Waals surface area contributed by atoms with Crippen LogP contribution in [0.5, 0.6) is 0 Å². The van der Waals surface area contributed by atoms with Gasteiger partial charge in [-0.15, -0.1) is 0 Å². The largest absolute Gasteiger partial charge is 0.479 e. The third kappa shape index (κ3) is 4.98. The van der Waals surface area contributed by atoms with Crippen molar-refractivity contribution in [1.82, 2.24) is 0 Å². The summed E-state index contributed by atoms with van der Waals surface area (Å²) < 4.78 is 0. The van der Waals surface area contributed by atoms with Crippen molar-refractivity contribution < 1.29 is 15.0 Å². The number of hydrogen-bond acceptors (Lipinski definition) is 2. The van der Waals surface area contributed by atoms with Crippen molar-refractivity contribution in [2.24, 2.45) is 0 Å². The van der Waals surface area contributed by atoms with E-state index in [0.29, 0.717) is 5.57 Å². The summed E-state index contributed by atoms with van der Waals surface area (Å²) in [6.45, 7) is 5.37. The molecule has 0 radical (unpaired) electrons. The molecule has 3 nitrogen and oxygen atoms in total. The summed E-state index contributed by atoms with van der Waals surface area (Å²) in [6, 6.07) is 0. The second-order valence-electron chi connectivity index (χ2n) is 2.53. The smallest absolute Gasteiger partial charge is 0.332 e. The van der Waals surface area contributed by atoms with Gasteiger partial charge in [-0.3, -0.25) is 0 Å². The highest BCUT2D eigenvalue weighted by Crippen LogP contribution is 2.07. The van der Waals surface area contributed by atoms with Gasteiger partial charge in [0.25, 0.3) is 0 Å². The van der Waals surface area contributed by atoms with E-state index in [2.05, 4.69) is 6.58 Å². The van der Waals surface area contributed by atoms with Gasteiger partial charge in [0.15, 0.2) is 6.10 Å². The molecule has 0 aliphatic carbocycles. The highest BCUT2D eigenvalue weighted by molar-refractivity contribution is 5.72. The Morgan fingerprint density at radius 1 is 1.62 bits per heavy atom. The van der Waals surface area contributed by atoms with Crippen molar-refractivity contribution in [2.75, 3.05) is 0 Å². The first-order valence-electron chi connectivity index (χ1n) is 3.97. The van der Waals surface area contributed by atoms with Crippen molar-refractivity contribution in [2.45, 2.75) is 19.4 Å². The maximum absolute atomic E-state index is 10.3. The second-order valence-corrected chi connectivity index (χ2v) is 2.53. The Balaban J connectivity index is 4.28. The molecule has 0 spiro atoms. The molecule has 0 bridgehead atoms. The monoisotopic (exact) mass is 182 g/mol. The molecule has 1 atom stereocenters. The summed E-state index contributed by atoms with van der Waals surface area (Å²) in [5.74, 6) is -1.21. The fraction of sp³-hybridized carbons (Fsp3) is 0.300. The van der Waals surface area contributed by atoms with Crippen LogP contribution in [0.2, 0.25) is 0 Å². The van der Waals surface area contributed by atoms with Gasteiger partial charge in [0, 0.05) is 6.42 Å². The van der Waals surface area contributed by atoms with Crippen molar-refractivity contribution in [3.63, 3.8) is 0 Å². The number of aliphatic hydroxyl groups excluding tert-OH is 1. The Morgan fingerprint density at radius 2 is 2.23 bits per heavy atom. The van der Waals surface area contributed by atoms with Gasteiger partial charge >= 0.3 is 5.97 Å². The minimum Gasteiger partial charge on any atom is -0.479 e. The number of rotatable bonds is 5. The maximum atomic E-state index is 10.3. The quantitative estimate of drug-likeness (QED) is 0.633. The molecule has 72 valence electrons. The molecule has 0 saturated heterocycles. The second kappa shape index (κ2) is 6.20. The zero-order valence-electron chi connectivity index (χ0n) is 7.60. The Kier molecular flexibility index (Phi) is 5.55. The molecule has 0 rings (SSSR count). The Bertz CT molecular complexity index is 239. The van der Waals surface area contributed by atoms with Crippen LogP contribution >= 0.6 is 0 Å². The van der Waals surface area contributed by atoms with Gasteiger partial charge < -0.3 is 10.2 Å². The molecule has 0 aromatic heterocycles. The fourth-order valence-corrected chi connectivity index (χ4v) is 0.750. The molecule has 0 aliphatic heterocycles. The molecule has 13 heavy (non-hydrogen) atoms. The molecule has 0 aromatic rings. The SMILES string of the molecule is C=C/C(=C\C=C/C)C[C@H](O)C(=O)O. The normalized spacial score (nSPS) is 14.5. The summed E-state index contributed by atoms with van der Waals surface area (Å²) in [5, 5.41) is 17.4. The van der Waals surface area contributed by atoms with Gasteiger partial charge in [-0.1, -0.05) is 30.9 Å². The molecule has 0 heterocycles. The third-order valence-corrected chi connectivity index (χ3v) is 1.48. The van der Waals surface area contributed by atoms with Gasteiger partial charge in [-0.2, -0.15) is 0 Å². The van der Waals surface area contributed by atoms with Crippen LogP contribution < -0.4 is 0 Å². The van der Waals surface area contributed by atoms with Crippen molar-refractivity contribution >= 4 is 5.97 Å². The number of allylic oxidation sites excluding steroid dienone is 4. The van der Waals surface area contributed by atoms with E-state index in [-0.39, 0.29) is 6.42 Å². The molecule has 0 saturated carbocycles. The standard InChI is InChI=1S/C10H14O3/c1-3-5-6-8(4-2)7-9(11)10(12)13/h3-6,9,11H,2,7H2,1H3,(H,12,13)/b5-3-,8-6+/t9-/m0/s1. The van der Waals surface area contributed by atoms with Gasteiger partial charge in [-0.05, 0) is 12.5 Å². The molecular weight excluding hydrogens is 168 g/mol. The van der Waals surface area contributed by atoms with Crippen LogP contribution in [-0.4, -0.2) is 22.3 Å². The van der Waals surface area contributed by atoms with Crippen molar-refractivity contribution in [3.8, 4) is 0 Å². The van der Waals surface area contributed by atoms with Crippen LogP contribution in [0.15, 0.2) is 36.5 Å². The predicted molar refractivity (Wildman–Crippen MR) is 51.4 cm³/mol. The number of hydrogen-bond donors (Lipinski definition) is 2. The number of carbonyl (C=O) groups is 1. The zero-order valence-corrected chi connectivity index (χ0v) is 7.60. The lowest BCUT2D eigenvalue weighted by atomic mass is 10.1. The summed E-state index contributed by atoms with van der Waals surface area (Å²) >= 11 is 0. The molecule has 0 aliphatic rings. The van der Waals surface area contributed by atoms with E-state index in [0.717, 1.165) is 0 Å². The highest BCUT2D eigenvalue weighted by atomic mass is 16.4. The van der Waals surface area contributed by atoms with Gasteiger partial charge in [0.1, 0.15) is 0 Å². The van der Waals surface area contributed by atoms with Crippen LogP contribution in [0.3, 0.4) is 0 Å². The van der Waals surface area contributed by atoms with E-state index in [1.165, 1.54) is 6.08 Å². The molecule has 0 unspecified atom stereocenters. The zero-order chi connectivity index (χ0) is 10.3. The Labute approximate surface area is 77.7 Å². The lowest BCUT2D eigenvalue weighted by molar-refractivity contribution is -0.146. The average Bonchev–Trinajstić information content (AvgIpc) is 2.11. The van der Waals surface area contributed by atoms with Crippen LogP contribution in [-0.2, 0) is 4.79 Å². The molecule has 0 amide bonds. The van der Waals surface area contributed by atoms with Crippen molar-refractivity contribution in [3.05, 3.63) is 36.5 Å². The fourth-order valence-electron chi connectivity index (χ4n) is 0.750. The molecule has 3 heteroatoms. The lowest BCUT2D eigenvalue weighted by Crippen LogP contribution is -2.19. The topological polar surface area (TPSA) is 57.5 Å². The van der Waals surface area contributed by atoms with Crippen LogP contribution in [0.4, 0.5) is 0 Å². The Morgan fingerprint density at radius 3 is 2.62 bits per heavy atom. The molecular formula is C10H14O3. The van der Waals surface area contributed by atoms with E-state index < -0.39 is 12.1 Å². The summed E-state index contributed by atoms with van der Waals surface area (Å²) in [5.41, 5.74) is 0.702. The Hall–Kier alpha value is -1.35. The minimum absolute atomic E-state index is 0.0865. The van der Waals surface area contributed by atoms with Gasteiger partial charge in [0.2, 0.25) is 0 Å². The summed E-state index contributed by atoms with van der Waals surface area (Å²) in [7, 11) is 0. The maximum Gasteiger partial charge on any atom is 0.332 e. The summed E-state index contributed by atoms with van der Waals surface area (Å²) in [6.07, 6.45) is 5.57. The highest BCUT2D eigenvalue weighted by Gasteiger charge is 2.13. The van der Waals surface area contributed by atoms with Crippen LogP contribution in [0, 0.1) is 0 Å². The molecule has 0 fully saturated rings. The molecule has 0 aromatic carbocycles. The number of carboxylic acids is 1. The third-order valence-electron chi connectivity index (χ3n) is 1.48. The number of carboxylic acid groups (broad SMARTS) is 1. The van der Waals surface area contributed by atoms with E-state index in [4.69, 9.17) is 10.2 Å². The minimum atomic E-state index is -1.35. The van der Waals surface area contributed by atoms with E-state index >= 15 is 0 Å². The van der Waals surface area contributed by atoms with E-state index in [9.17, 15) is 4.79 Å². The summed E-state index contributed by atoms with van der Waals surface area (Å²) in [4.78, 5) is 10.3. The number of aliphatic hydroxyl groups is 1. The average molecular weight is 182 g/mol. The lowest BCUT2D eigenvalue weighted by Gasteiger charge is -2.04. The molecule has 2 N–H and O–H groups in total. The first kappa shape index (κ1) is 11.6. The first-order valence-corrected chi connectivity index (χ1v) is 3.97. The first-order chi connectivity index (χ1) is 6.11. The van der Waals surface area contributed by atoms with E-state index in [1.54, 1.807) is 12.2 Å². The van der Waals surface area contributed by atoms with Gasteiger partial charge in [0.05, 0.1) is 0 Å².